The van der Waals surface area contributed by atoms with Gasteiger partial charge in [0.2, 0.25) is 0 Å². The van der Waals surface area contributed by atoms with Crippen LogP contribution in [0.15, 0.2) is 54.7 Å². The van der Waals surface area contributed by atoms with E-state index >= 15 is 0 Å². The van der Waals surface area contributed by atoms with E-state index in [2.05, 4.69) is 35.4 Å². The molecule has 0 atom stereocenters. The standard InChI is InChI=1S/C20H25N3O/c1-4-23(5-2)18-11-12-19(16(3)15-18)22-20(24)21-14-13-17-9-7-6-8-10-17/h6-15H,4-5H2,1-3H3,(H2,21,22,24)/b14-13+. The van der Waals surface area contributed by atoms with Gasteiger partial charge in [0.25, 0.3) is 0 Å². The molecule has 0 spiro atoms. The Kier molecular flexibility index (Phi) is 6.43. The van der Waals surface area contributed by atoms with Crippen molar-refractivity contribution in [2.45, 2.75) is 20.8 Å². The van der Waals surface area contributed by atoms with Crippen molar-refractivity contribution in [3.63, 3.8) is 0 Å². The lowest BCUT2D eigenvalue weighted by atomic mass is 10.1. The largest absolute Gasteiger partial charge is 0.372 e. The summed E-state index contributed by atoms with van der Waals surface area (Å²) in [5, 5.41) is 5.60. The molecule has 4 nitrogen and oxygen atoms in total. The smallest absolute Gasteiger partial charge is 0.323 e. The number of nitrogens with one attached hydrogen (secondary N) is 2. The van der Waals surface area contributed by atoms with Gasteiger partial charge in [0, 0.05) is 30.7 Å². The molecule has 0 fully saturated rings. The highest BCUT2D eigenvalue weighted by molar-refractivity contribution is 5.91. The molecule has 0 aliphatic carbocycles. The van der Waals surface area contributed by atoms with Crippen LogP contribution in [0.25, 0.3) is 6.08 Å². The molecule has 0 bridgehead atoms. The lowest BCUT2D eigenvalue weighted by Crippen LogP contribution is -2.25. The Labute approximate surface area is 144 Å². The summed E-state index contributed by atoms with van der Waals surface area (Å²) >= 11 is 0. The summed E-state index contributed by atoms with van der Waals surface area (Å²) in [4.78, 5) is 14.3. The molecule has 4 heteroatoms. The summed E-state index contributed by atoms with van der Waals surface area (Å²) in [6, 6.07) is 15.7. The van der Waals surface area contributed by atoms with Gasteiger partial charge in [0.15, 0.2) is 0 Å². The molecule has 0 saturated carbocycles. The van der Waals surface area contributed by atoms with Crippen molar-refractivity contribution in [2.24, 2.45) is 0 Å². The lowest BCUT2D eigenvalue weighted by Gasteiger charge is -2.22. The first-order chi connectivity index (χ1) is 11.6. The van der Waals surface area contributed by atoms with Crippen LogP contribution in [0.3, 0.4) is 0 Å². The summed E-state index contributed by atoms with van der Waals surface area (Å²) in [5.41, 5.74) is 4.07. The maximum atomic E-state index is 12.0. The van der Waals surface area contributed by atoms with Gasteiger partial charge in [-0.1, -0.05) is 30.3 Å². The molecule has 0 radical (unpaired) electrons. The van der Waals surface area contributed by atoms with Gasteiger partial charge in [-0.25, -0.2) is 4.79 Å². The fourth-order valence-corrected chi connectivity index (χ4v) is 2.51. The molecule has 0 aliphatic heterocycles. The van der Waals surface area contributed by atoms with Crippen molar-refractivity contribution in [1.29, 1.82) is 0 Å². The second-order valence-corrected chi connectivity index (χ2v) is 5.51. The van der Waals surface area contributed by atoms with Gasteiger partial charge in [-0.3, -0.25) is 0 Å². The van der Waals surface area contributed by atoms with E-state index in [1.165, 1.54) is 5.69 Å². The zero-order valence-electron chi connectivity index (χ0n) is 14.5. The average molecular weight is 323 g/mol. The number of urea groups is 1. The molecule has 2 amide bonds. The number of aryl methyl sites for hydroxylation is 1. The van der Waals surface area contributed by atoms with Crippen molar-refractivity contribution in [1.82, 2.24) is 5.32 Å². The Hall–Kier alpha value is -2.75. The molecule has 2 aromatic rings. The number of hydrogen-bond donors (Lipinski definition) is 2. The normalized spacial score (nSPS) is 10.6. The van der Waals surface area contributed by atoms with Crippen molar-refractivity contribution in [3.05, 3.63) is 65.9 Å². The van der Waals surface area contributed by atoms with Crippen LogP contribution < -0.4 is 15.5 Å². The predicted octanol–water partition coefficient (Wildman–Crippen LogP) is 4.63. The van der Waals surface area contributed by atoms with Crippen molar-refractivity contribution in [2.75, 3.05) is 23.3 Å². The zero-order chi connectivity index (χ0) is 17.4. The summed E-state index contributed by atoms with van der Waals surface area (Å²) in [6.07, 6.45) is 3.50. The second kappa shape index (κ2) is 8.77. The van der Waals surface area contributed by atoms with Crippen LogP contribution in [0.5, 0.6) is 0 Å². The number of anilines is 2. The van der Waals surface area contributed by atoms with Gasteiger partial charge in [-0.05, 0) is 56.2 Å². The van der Waals surface area contributed by atoms with Crippen molar-refractivity contribution >= 4 is 23.5 Å². The van der Waals surface area contributed by atoms with E-state index in [0.29, 0.717) is 0 Å². The van der Waals surface area contributed by atoms with E-state index in [1.54, 1.807) is 6.20 Å². The monoisotopic (exact) mass is 323 g/mol. The first-order valence-corrected chi connectivity index (χ1v) is 8.28. The Bertz CT molecular complexity index is 691. The van der Waals surface area contributed by atoms with Crippen LogP contribution in [-0.4, -0.2) is 19.1 Å². The van der Waals surface area contributed by atoms with Gasteiger partial charge in [-0.15, -0.1) is 0 Å². The number of rotatable bonds is 6. The Morgan fingerprint density at radius 1 is 1.08 bits per heavy atom. The summed E-state index contributed by atoms with van der Waals surface area (Å²) in [7, 11) is 0. The minimum absolute atomic E-state index is 0.249. The molecule has 0 heterocycles. The van der Waals surface area contributed by atoms with Crippen LogP contribution in [0.4, 0.5) is 16.2 Å². The maximum absolute atomic E-state index is 12.0. The molecular formula is C20H25N3O. The minimum Gasteiger partial charge on any atom is -0.372 e. The third-order valence-corrected chi connectivity index (χ3v) is 3.88. The lowest BCUT2D eigenvalue weighted by molar-refractivity contribution is 0.255. The van der Waals surface area contributed by atoms with Crippen LogP contribution in [-0.2, 0) is 0 Å². The van der Waals surface area contributed by atoms with Gasteiger partial charge < -0.3 is 15.5 Å². The van der Waals surface area contributed by atoms with Crippen LogP contribution in [0, 0.1) is 6.92 Å². The number of amides is 2. The zero-order valence-corrected chi connectivity index (χ0v) is 14.5. The molecule has 2 aromatic carbocycles. The highest BCUT2D eigenvalue weighted by atomic mass is 16.2. The molecule has 0 saturated heterocycles. The quantitative estimate of drug-likeness (QED) is 0.814. The topological polar surface area (TPSA) is 44.4 Å². The number of hydrogen-bond acceptors (Lipinski definition) is 2. The van der Waals surface area contributed by atoms with E-state index in [4.69, 9.17) is 0 Å². The Balaban J connectivity index is 1.95. The average Bonchev–Trinajstić information content (AvgIpc) is 2.59. The first-order valence-electron chi connectivity index (χ1n) is 8.28. The summed E-state index contributed by atoms with van der Waals surface area (Å²) in [6.45, 7) is 8.21. The van der Waals surface area contributed by atoms with Crippen molar-refractivity contribution < 1.29 is 4.79 Å². The van der Waals surface area contributed by atoms with Gasteiger partial charge in [-0.2, -0.15) is 0 Å². The molecule has 0 aliphatic rings. The van der Waals surface area contributed by atoms with E-state index in [1.807, 2.05) is 55.5 Å². The van der Waals surface area contributed by atoms with E-state index < -0.39 is 0 Å². The van der Waals surface area contributed by atoms with E-state index in [0.717, 1.165) is 29.9 Å². The Morgan fingerprint density at radius 2 is 1.79 bits per heavy atom. The molecule has 126 valence electrons. The van der Waals surface area contributed by atoms with Crippen molar-refractivity contribution in [3.8, 4) is 0 Å². The molecule has 24 heavy (non-hydrogen) atoms. The van der Waals surface area contributed by atoms with Gasteiger partial charge >= 0.3 is 6.03 Å². The number of carbonyl (C=O) groups is 1. The SMILES string of the molecule is CCN(CC)c1ccc(NC(=O)N/C=C/c2ccccc2)c(C)c1. The molecular weight excluding hydrogens is 298 g/mol. The molecule has 0 unspecified atom stereocenters. The fraction of sp³-hybridized carbons (Fsp3) is 0.250. The number of carbonyl (C=O) groups excluding carboxylic acids is 1. The van der Waals surface area contributed by atoms with E-state index in [9.17, 15) is 4.79 Å². The summed E-state index contributed by atoms with van der Waals surface area (Å²) in [5.74, 6) is 0. The van der Waals surface area contributed by atoms with Crippen LogP contribution in [0.2, 0.25) is 0 Å². The van der Waals surface area contributed by atoms with Gasteiger partial charge in [0.1, 0.15) is 0 Å². The molecule has 0 aromatic heterocycles. The Morgan fingerprint density at radius 3 is 2.42 bits per heavy atom. The van der Waals surface area contributed by atoms with Crippen LogP contribution in [0.1, 0.15) is 25.0 Å². The first kappa shape index (κ1) is 17.6. The number of nitrogens with zero attached hydrogens (tertiary/aromatic N) is 1. The highest BCUT2D eigenvalue weighted by Crippen LogP contribution is 2.22. The molecule has 2 N–H and O–H groups in total. The summed E-state index contributed by atoms with van der Waals surface area (Å²) < 4.78 is 0. The van der Waals surface area contributed by atoms with Crippen LogP contribution >= 0.6 is 0 Å². The maximum Gasteiger partial charge on any atom is 0.323 e. The van der Waals surface area contributed by atoms with E-state index in [-0.39, 0.29) is 6.03 Å². The predicted molar refractivity (Wildman–Crippen MR) is 102 cm³/mol. The molecule has 2 rings (SSSR count). The fourth-order valence-electron chi connectivity index (χ4n) is 2.51. The minimum atomic E-state index is -0.249. The third kappa shape index (κ3) is 4.88. The highest BCUT2D eigenvalue weighted by Gasteiger charge is 2.06. The van der Waals surface area contributed by atoms with Gasteiger partial charge in [0.05, 0.1) is 0 Å². The second-order valence-electron chi connectivity index (χ2n) is 5.51. The number of benzene rings is 2. The third-order valence-electron chi connectivity index (χ3n) is 3.88.